The lowest BCUT2D eigenvalue weighted by atomic mass is 10.1. The lowest BCUT2D eigenvalue weighted by molar-refractivity contribution is 0.0536. The maximum absolute atomic E-state index is 5.97. The van der Waals surface area contributed by atoms with E-state index in [4.69, 9.17) is 19.2 Å². The highest BCUT2D eigenvalue weighted by atomic mass is 16.5. The molecule has 2 rings (SSSR count). The SMILES string of the molecule is CCNC(=NCC(C)Oc1ccc(C)cc1)N1CCC(COCCOC)C1. The van der Waals surface area contributed by atoms with Gasteiger partial charge in [0, 0.05) is 32.7 Å². The van der Waals surface area contributed by atoms with Gasteiger partial charge in [-0.25, -0.2) is 4.99 Å². The fourth-order valence-corrected chi connectivity index (χ4v) is 3.08. The van der Waals surface area contributed by atoms with Gasteiger partial charge in [0.1, 0.15) is 11.9 Å². The van der Waals surface area contributed by atoms with Gasteiger partial charge in [0.25, 0.3) is 0 Å². The molecule has 0 amide bonds. The molecule has 0 bridgehead atoms. The van der Waals surface area contributed by atoms with Crippen LogP contribution in [0.2, 0.25) is 0 Å². The number of methoxy groups -OCH3 is 1. The van der Waals surface area contributed by atoms with Crippen molar-refractivity contribution in [1.82, 2.24) is 10.2 Å². The molecule has 152 valence electrons. The molecule has 0 saturated carbocycles. The van der Waals surface area contributed by atoms with Gasteiger partial charge < -0.3 is 24.4 Å². The Hall–Kier alpha value is -1.79. The third-order valence-electron chi connectivity index (χ3n) is 4.56. The first-order valence-electron chi connectivity index (χ1n) is 9.95. The van der Waals surface area contributed by atoms with Crippen LogP contribution in [0.5, 0.6) is 5.75 Å². The molecule has 1 aliphatic rings. The number of nitrogens with one attached hydrogen (secondary N) is 1. The average molecular weight is 378 g/mol. The lowest BCUT2D eigenvalue weighted by Crippen LogP contribution is -2.41. The second-order valence-electron chi connectivity index (χ2n) is 7.10. The molecule has 1 heterocycles. The fourth-order valence-electron chi connectivity index (χ4n) is 3.08. The van der Waals surface area contributed by atoms with Crippen LogP contribution < -0.4 is 10.1 Å². The van der Waals surface area contributed by atoms with E-state index in [2.05, 4.69) is 43.1 Å². The van der Waals surface area contributed by atoms with E-state index in [9.17, 15) is 0 Å². The van der Waals surface area contributed by atoms with E-state index >= 15 is 0 Å². The molecule has 0 aliphatic carbocycles. The van der Waals surface area contributed by atoms with Gasteiger partial charge in [-0.2, -0.15) is 0 Å². The number of benzene rings is 1. The molecular formula is C21H35N3O3. The molecule has 6 nitrogen and oxygen atoms in total. The van der Waals surface area contributed by atoms with Crippen molar-refractivity contribution in [3.05, 3.63) is 29.8 Å². The van der Waals surface area contributed by atoms with E-state index in [0.29, 0.717) is 25.7 Å². The number of aliphatic imine (C=N–C) groups is 1. The summed E-state index contributed by atoms with van der Waals surface area (Å²) in [6, 6.07) is 8.15. The number of nitrogens with zero attached hydrogens (tertiary/aromatic N) is 2. The molecule has 1 fully saturated rings. The minimum absolute atomic E-state index is 0.0251. The highest BCUT2D eigenvalue weighted by Gasteiger charge is 2.25. The van der Waals surface area contributed by atoms with Crippen molar-refractivity contribution in [3.63, 3.8) is 0 Å². The van der Waals surface area contributed by atoms with Crippen LogP contribution in [0.1, 0.15) is 25.8 Å². The van der Waals surface area contributed by atoms with Gasteiger partial charge in [0.15, 0.2) is 5.96 Å². The molecule has 1 saturated heterocycles. The Morgan fingerprint density at radius 3 is 2.78 bits per heavy atom. The molecular weight excluding hydrogens is 342 g/mol. The first-order valence-corrected chi connectivity index (χ1v) is 9.95. The minimum Gasteiger partial charge on any atom is -0.489 e. The number of likely N-dealkylation sites (tertiary alicyclic amines) is 1. The predicted octanol–water partition coefficient (Wildman–Crippen LogP) is 2.71. The normalized spacial score (nSPS) is 18.6. The highest BCUT2D eigenvalue weighted by Crippen LogP contribution is 2.17. The van der Waals surface area contributed by atoms with Crippen molar-refractivity contribution in [1.29, 1.82) is 0 Å². The fraction of sp³-hybridized carbons (Fsp3) is 0.667. The van der Waals surface area contributed by atoms with Crippen molar-refractivity contribution in [2.24, 2.45) is 10.9 Å². The van der Waals surface area contributed by atoms with Gasteiger partial charge in [-0.3, -0.25) is 0 Å². The summed E-state index contributed by atoms with van der Waals surface area (Å²) in [6.45, 7) is 11.8. The number of ether oxygens (including phenoxy) is 3. The molecule has 6 heteroatoms. The Morgan fingerprint density at radius 1 is 1.30 bits per heavy atom. The van der Waals surface area contributed by atoms with E-state index in [-0.39, 0.29) is 6.10 Å². The molecule has 2 atom stereocenters. The Kier molecular flexibility index (Phi) is 9.42. The zero-order chi connectivity index (χ0) is 19.5. The highest BCUT2D eigenvalue weighted by molar-refractivity contribution is 5.80. The first kappa shape index (κ1) is 21.5. The van der Waals surface area contributed by atoms with E-state index in [1.807, 2.05) is 12.1 Å². The zero-order valence-corrected chi connectivity index (χ0v) is 17.2. The topological polar surface area (TPSA) is 55.3 Å². The summed E-state index contributed by atoms with van der Waals surface area (Å²) in [4.78, 5) is 7.12. The van der Waals surface area contributed by atoms with Gasteiger partial charge in [0.2, 0.25) is 0 Å². The molecule has 1 N–H and O–H groups in total. The monoisotopic (exact) mass is 377 g/mol. The summed E-state index contributed by atoms with van der Waals surface area (Å²) in [7, 11) is 1.70. The number of hydrogen-bond acceptors (Lipinski definition) is 4. The molecule has 1 aliphatic heterocycles. The van der Waals surface area contributed by atoms with E-state index in [1.165, 1.54) is 5.56 Å². The van der Waals surface area contributed by atoms with E-state index in [0.717, 1.165) is 44.4 Å². The number of rotatable bonds is 10. The number of aryl methyl sites for hydroxylation is 1. The summed E-state index contributed by atoms with van der Waals surface area (Å²) < 4.78 is 16.7. The smallest absolute Gasteiger partial charge is 0.194 e. The summed E-state index contributed by atoms with van der Waals surface area (Å²) in [5, 5.41) is 3.41. The van der Waals surface area contributed by atoms with Crippen LogP contribution in [0.4, 0.5) is 0 Å². The quantitative estimate of drug-likeness (QED) is 0.386. The summed E-state index contributed by atoms with van der Waals surface area (Å²) >= 11 is 0. The van der Waals surface area contributed by atoms with Gasteiger partial charge >= 0.3 is 0 Å². The molecule has 0 radical (unpaired) electrons. The molecule has 1 aromatic carbocycles. The minimum atomic E-state index is 0.0251. The second-order valence-corrected chi connectivity index (χ2v) is 7.10. The van der Waals surface area contributed by atoms with Gasteiger partial charge in [-0.05, 0) is 39.3 Å². The number of hydrogen-bond donors (Lipinski definition) is 1. The summed E-state index contributed by atoms with van der Waals surface area (Å²) in [5.41, 5.74) is 1.23. The molecule has 1 aromatic rings. The van der Waals surface area contributed by atoms with Gasteiger partial charge in [-0.15, -0.1) is 0 Å². The largest absolute Gasteiger partial charge is 0.489 e. The van der Waals surface area contributed by atoms with E-state index < -0.39 is 0 Å². The van der Waals surface area contributed by atoms with E-state index in [1.54, 1.807) is 7.11 Å². The second kappa shape index (κ2) is 11.8. The Morgan fingerprint density at radius 2 is 2.07 bits per heavy atom. The predicted molar refractivity (Wildman–Crippen MR) is 110 cm³/mol. The molecule has 27 heavy (non-hydrogen) atoms. The standard InChI is InChI=1S/C21H35N3O3/c1-5-22-21(24-11-10-19(15-24)16-26-13-12-25-4)23-14-18(3)27-20-8-6-17(2)7-9-20/h6-9,18-19H,5,10-16H2,1-4H3,(H,22,23). The van der Waals surface area contributed by atoms with Crippen LogP contribution in [-0.4, -0.2) is 70.1 Å². The first-order chi connectivity index (χ1) is 13.1. The summed E-state index contributed by atoms with van der Waals surface area (Å²) in [5.74, 6) is 2.41. The summed E-state index contributed by atoms with van der Waals surface area (Å²) in [6.07, 6.45) is 1.16. The van der Waals surface area contributed by atoms with Crippen LogP contribution in [0.15, 0.2) is 29.3 Å². The zero-order valence-electron chi connectivity index (χ0n) is 17.2. The van der Waals surface area contributed by atoms with Crippen molar-refractivity contribution in [2.45, 2.75) is 33.3 Å². The van der Waals surface area contributed by atoms with Crippen molar-refractivity contribution >= 4 is 5.96 Å². The molecule has 0 spiro atoms. The Bertz CT molecular complexity index is 562. The molecule has 0 aromatic heterocycles. The van der Waals surface area contributed by atoms with Crippen molar-refractivity contribution < 1.29 is 14.2 Å². The lowest BCUT2D eigenvalue weighted by Gasteiger charge is -2.22. The Labute approximate surface area is 163 Å². The maximum Gasteiger partial charge on any atom is 0.194 e. The third kappa shape index (κ3) is 7.77. The number of guanidine groups is 1. The van der Waals surface area contributed by atoms with Crippen LogP contribution >= 0.6 is 0 Å². The van der Waals surface area contributed by atoms with Crippen molar-refractivity contribution in [3.8, 4) is 5.75 Å². The molecule has 2 unspecified atom stereocenters. The van der Waals surface area contributed by atoms with Gasteiger partial charge in [0.05, 0.1) is 26.4 Å². The third-order valence-corrected chi connectivity index (χ3v) is 4.56. The van der Waals surface area contributed by atoms with Crippen LogP contribution in [0.25, 0.3) is 0 Å². The van der Waals surface area contributed by atoms with Crippen LogP contribution in [0.3, 0.4) is 0 Å². The van der Waals surface area contributed by atoms with Crippen LogP contribution in [-0.2, 0) is 9.47 Å². The van der Waals surface area contributed by atoms with Crippen molar-refractivity contribution in [2.75, 3.05) is 53.1 Å². The maximum atomic E-state index is 5.97. The van der Waals surface area contributed by atoms with Crippen LogP contribution in [0, 0.1) is 12.8 Å². The Balaban J connectivity index is 1.81. The van der Waals surface area contributed by atoms with Gasteiger partial charge in [-0.1, -0.05) is 17.7 Å². The average Bonchev–Trinajstić information content (AvgIpc) is 3.13.